The van der Waals surface area contributed by atoms with Gasteiger partial charge in [-0.05, 0) is 37.3 Å². The molecule has 1 N–H and O–H groups in total. The zero-order chi connectivity index (χ0) is 18.1. The van der Waals surface area contributed by atoms with Crippen molar-refractivity contribution in [2.45, 2.75) is 38.5 Å². The van der Waals surface area contributed by atoms with Crippen molar-refractivity contribution in [3.05, 3.63) is 70.8 Å². The first-order valence-electron chi connectivity index (χ1n) is 9.14. The van der Waals surface area contributed by atoms with Crippen LogP contribution in [0.2, 0.25) is 0 Å². The summed E-state index contributed by atoms with van der Waals surface area (Å²) in [6, 6.07) is 17.1. The third kappa shape index (κ3) is 2.04. The summed E-state index contributed by atoms with van der Waals surface area (Å²) >= 11 is 0. The largest absolute Gasteiger partial charge is 0.494 e. The lowest BCUT2D eigenvalue weighted by Gasteiger charge is -2.28. The Bertz CT molecular complexity index is 1030. The molecule has 3 nitrogen and oxygen atoms in total. The fraction of sp³-hybridized carbons (Fsp3) is 0.304. The molecule has 2 bridgehead atoms. The van der Waals surface area contributed by atoms with E-state index in [0.717, 1.165) is 11.4 Å². The number of methoxy groups -OCH3 is 1. The van der Waals surface area contributed by atoms with E-state index in [0.29, 0.717) is 0 Å². The van der Waals surface area contributed by atoms with Crippen LogP contribution in [-0.4, -0.2) is 12.6 Å². The number of hydrogen-bond donors (Lipinski definition) is 1. The fourth-order valence-corrected chi connectivity index (χ4v) is 4.43. The predicted molar refractivity (Wildman–Crippen MR) is 105 cm³/mol. The van der Waals surface area contributed by atoms with Crippen molar-refractivity contribution in [1.29, 1.82) is 0 Å². The van der Waals surface area contributed by atoms with Crippen molar-refractivity contribution >= 4 is 16.5 Å². The first-order valence-corrected chi connectivity index (χ1v) is 9.14. The van der Waals surface area contributed by atoms with Crippen LogP contribution < -0.4 is 10.1 Å². The van der Waals surface area contributed by atoms with Gasteiger partial charge in [0.1, 0.15) is 18.0 Å². The lowest BCUT2D eigenvalue weighted by atomic mass is 9.82. The molecular formula is C23H23NO2. The van der Waals surface area contributed by atoms with Gasteiger partial charge in [0.15, 0.2) is 0 Å². The minimum absolute atomic E-state index is 0.00585. The molecule has 5 rings (SSSR count). The first kappa shape index (κ1) is 15.7. The molecule has 3 aromatic rings. The van der Waals surface area contributed by atoms with Crippen molar-refractivity contribution in [2.24, 2.45) is 0 Å². The number of rotatable bonds is 2. The highest BCUT2D eigenvalue weighted by Gasteiger charge is 2.46. The lowest BCUT2D eigenvalue weighted by Crippen LogP contribution is -2.27. The number of nitrogens with one attached hydrogen (secondary N) is 1. The van der Waals surface area contributed by atoms with Crippen LogP contribution in [0.4, 0.5) is 5.69 Å². The smallest absolute Gasteiger partial charge is 0.149 e. The Balaban J connectivity index is 1.86. The topological polar surface area (TPSA) is 30.5 Å². The second-order valence-corrected chi connectivity index (χ2v) is 8.18. The Hall–Kier alpha value is -2.52. The Morgan fingerprint density at radius 2 is 1.42 bits per heavy atom. The van der Waals surface area contributed by atoms with Crippen LogP contribution in [0.5, 0.6) is 5.75 Å². The monoisotopic (exact) mass is 345 g/mol. The summed E-state index contributed by atoms with van der Waals surface area (Å²) in [5, 5.41) is 6.11. The standard InChI is InChI=1S/C23H23NO2/c1-23(2,3)24-19-14-10-6-5-9-13(14)17-18(22(19)25-4)21-16-12-8-7-11-15(16)20(17)26-21/h5-12,20-21,24H,1-4H3. The zero-order valence-corrected chi connectivity index (χ0v) is 15.6. The van der Waals surface area contributed by atoms with Gasteiger partial charge in [0.05, 0.1) is 12.8 Å². The van der Waals surface area contributed by atoms with Gasteiger partial charge in [-0.2, -0.15) is 0 Å². The van der Waals surface area contributed by atoms with E-state index in [1.54, 1.807) is 7.11 Å². The average molecular weight is 345 g/mol. The van der Waals surface area contributed by atoms with Crippen LogP contribution in [-0.2, 0) is 4.74 Å². The van der Waals surface area contributed by atoms with E-state index in [4.69, 9.17) is 9.47 Å². The van der Waals surface area contributed by atoms with Crippen molar-refractivity contribution in [3.63, 3.8) is 0 Å². The Kier molecular flexibility index (Phi) is 3.17. The highest BCUT2D eigenvalue weighted by atomic mass is 16.5. The second-order valence-electron chi connectivity index (χ2n) is 8.18. The summed E-state index contributed by atoms with van der Waals surface area (Å²) in [6.07, 6.45) is -0.0556. The van der Waals surface area contributed by atoms with Crippen LogP contribution in [0.15, 0.2) is 48.5 Å². The first-order chi connectivity index (χ1) is 12.5. The van der Waals surface area contributed by atoms with E-state index >= 15 is 0 Å². The highest BCUT2D eigenvalue weighted by Crippen LogP contribution is 2.60. The van der Waals surface area contributed by atoms with Crippen molar-refractivity contribution in [2.75, 3.05) is 12.4 Å². The molecule has 0 spiro atoms. The van der Waals surface area contributed by atoms with Gasteiger partial charge >= 0.3 is 0 Å². The van der Waals surface area contributed by atoms with Crippen LogP contribution in [0.3, 0.4) is 0 Å². The van der Waals surface area contributed by atoms with E-state index in [-0.39, 0.29) is 17.7 Å². The molecule has 2 aliphatic rings. The van der Waals surface area contributed by atoms with Gasteiger partial charge in [-0.3, -0.25) is 0 Å². The fourth-order valence-electron chi connectivity index (χ4n) is 4.43. The summed E-state index contributed by atoms with van der Waals surface area (Å²) in [5.41, 5.74) is 5.99. The summed E-state index contributed by atoms with van der Waals surface area (Å²) in [4.78, 5) is 0. The maximum absolute atomic E-state index is 6.44. The van der Waals surface area contributed by atoms with Gasteiger partial charge in [-0.1, -0.05) is 48.5 Å². The molecule has 132 valence electrons. The van der Waals surface area contributed by atoms with Gasteiger partial charge in [0.25, 0.3) is 0 Å². The maximum Gasteiger partial charge on any atom is 0.149 e. The Morgan fingerprint density at radius 1 is 0.846 bits per heavy atom. The third-order valence-electron chi connectivity index (χ3n) is 5.31. The van der Waals surface area contributed by atoms with Crippen LogP contribution in [0, 0.1) is 0 Å². The third-order valence-corrected chi connectivity index (χ3v) is 5.31. The summed E-state index contributed by atoms with van der Waals surface area (Å²) < 4.78 is 12.4. The minimum Gasteiger partial charge on any atom is -0.494 e. The molecule has 2 unspecified atom stereocenters. The number of ether oxygens (including phenoxy) is 2. The van der Waals surface area contributed by atoms with Crippen molar-refractivity contribution in [3.8, 4) is 5.75 Å². The van der Waals surface area contributed by atoms with Crippen molar-refractivity contribution in [1.82, 2.24) is 0 Å². The zero-order valence-electron chi connectivity index (χ0n) is 15.6. The molecule has 0 amide bonds. The quantitative estimate of drug-likeness (QED) is 0.657. The molecule has 0 saturated heterocycles. The van der Waals surface area contributed by atoms with Crippen LogP contribution in [0.1, 0.15) is 55.2 Å². The summed E-state index contributed by atoms with van der Waals surface area (Å²) in [7, 11) is 1.76. The van der Waals surface area contributed by atoms with E-state index in [1.165, 1.54) is 33.0 Å². The van der Waals surface area contributed by atoms with Gasteiger partial charge < -0.3 is 14.8 Å². The molecule has 0 fully saturated rings. The van der Waals surface area contributed by atoms with E-state index in [9.17, 15) is 0 Å². The molecule has 0 saturated carbocycles. The Morgan fingerprint density at radius 3 is 2.04 bits per heavy atom. The van der Waals surface area contributed by atoms with Crippen LogP contribution >= 0.6 is 0 Å². The molecule has 0 aromatic heterocycles. The molecule has 2 aliphatic heterocycles. The predicted octanol–water partition coefficient (Wildman–Crippen LogP) is 5.58. The highest BCUT2D eigenvalue weighted by molar-refractivity contribution is 6.02. The average Bonchev–Trinajstić information content (AvgIpc) is 3.18. The normalized spacial score (nSPS) is 20.2. The molecule has 3 heteroatoms. The summed E-state index contributed by atoms with van der Waals surface area (Å²) in [5.74, 6) is 0.913. The molecule has 26 heavy (non-hydrogen) atoms. The van der Waals surface area contributed by atoms with E-state index in [1.807, 2.05) is 0 Å². The number of benzene rings is 3. The maximum atomic E-state index is 6.44. The summed E-state index contributed by atoms with van der Waals surface area (Å²) in [6.45, 7) is 6.52. The van der Waals surface area contributed by atoms with E-state index in [2.05, 4.69) is 74.6 Å². The van der Waals surface area contributed by atoms with Gasteiger partial charge in [0.2, 0.25) is 0 Å². The van der Waals surface area contributed by atoms with Gasteiger partial charge in [0, 0.05) is 22.1 Å². The molecular weight excluding hydrogens is 322 g/mol. The second kappa shape index (κ2) is 5.24. The van der Waals surface area contributed by atoms with E-state index < -0.39 is 0 Å². The molecule has 2 heterocycles. The minimum atomic E-state index is -0.0688. The SMILES string of the molecule is COc1c2c(c3ccccc3c1NC(C)(C)C)C1OC2c2ccccc21. The molecule has 3 aromatic carbocycles. The van der Waals surface area contributed by atoms with Gasteiger partial charge in [-0.25, -0.2) is 0 Å². The van der Waals surface area contributed by atoms with Crippen LogP contribution in [0.25, 0.3) is 10.8 Å². The number of hydrogen-bond acceptors (Lipinski definition) is 3. The molecule has 0 radical (unpaired) electrons. The molecule has 2 atom stereocenters. The van der Waals surface area contributed by atoms with Gasteiger partial charge in [-0.15, -0.1) is 0 Å². The molecule has 0 aliphatic carbocycles. The Labute approximate surface area is 153 Å². The number of fused-ring (bicyclic) bond motifs is 10. The number of anilines is 1. The lowest BCUT2D eigenvalue weighted by molar-refractivity contribution is 0.0853. The van der Waals surface area contributed by atoms with Crippen molar-refractivity contribution < 1.29 is 9.47 Å².